The average molecular weight is 415 g/mol. The molecule has 0 saturated heterocycles. The van der Waals surface area contributed by atoms with Crippen molar-refractivity contribution in [2.45, 2.75) is 50.4 Å². The highest BCUT2D eigenvalue weighted by Crippen LogP contribution is 2.52. The second-order valence-corrected chi connectivity index (χ2v) is 8.30. The van der Waals surface area contributed by atoms with Crippen molar-refractivity contribution in [3.05, 3.63) is 52.5 Å². The lowest BCUT2D eigenvalue weighted by Crippen LogP contribution is -2.37. The minimum absolute atomic E-state index is 0.187. The van der Waals surface area contributed by atoms with E-state index < -0.39 is 5.97 Å². The maximum absolute atomic E-state index is 12.5. The molecule has 6 heteroatoms. The first-order valence-corrected chi connectivity index (χ1v) is 10.3. The van der Waals surface area contributed by atoms with E-state index in [0.717, 1.165) is 42.6 Å². The molecule has 0 aliphatic heterocycles. The van der Waals surface area contributed by atoms with Gasteiger partial charge in [-0.05, 0) is 54.8 Å². The van der Waals surface area contributed by atoms with Gasteiger partial charge in [0, 0.05) is 28.8 Å². The van der Waals surface area contributed by atoms with E-state index in [9.17, 15) is 9.59 Å². The quantitative estimate of drug-likeness (QED) is 0.717. The van der Waals surface area contributed by atoms with Crippen LogP contribution in [0.3, 0.4) is 0 Å². The van der Waals surface area contributed by atoms with Crippen molar-refractivity contribution in [2.24, 2.45) is 0 Å². The topological polar surface area (TPSA) is 72.8 Å². The summed E-state index contributed by atoms with van der Waals surface area (Å²) in [7, 11) is 0. The van der Waals surface area contributed by atoms with Crippen LogP contribution in [-0.2, 0) is 21.4 Å². The summed E-state index contributed by atoms with van der Waals surface area (Å²) >= 11 is 6.49. The molecule has 5 nitrogen and oxygen atoms in total. The second-order valence-electron chi connectivity index (χ2n) is 7.89. The summed E-state index contributed by atoms with van der Waals surface area (Å²) < 4.78 is 11.4. The molecule has 0 heterocycles. The third kappa shape index (κ3) is 4.10. The molecule has 1 spiro atoms. The lowest BCUT2D eigenvalue weighted by atomic mass is 9.62. The number of ether oxygens (including phenoxy) is 2. The van der Waals surface area contributed by atoms with Crippen molar-refractivity contribution >= 4 is 23.4 Å². The van der Waals surface area contributed by atoms with Crippen molar-refractivity contribution in [3.63, 3.8) is 0 Å². The molecule has 1 fully saturated rings. The SMILES string of the molecule is O=C(O)COc1ccc(Oc2ccc(Cl)c3c2C2(CCCCC2)CC(=O)C3)cc1. The Kier molecular flexibility index (Phi) is 5.50. The van der Waals surface area contributed by atoms with Gasteiger partial charge in [0.05, 0.1) is 0 Å². The second kappa shape index (κ2) is 8.07. The highest BCUT2D eigenvalue weighted by atomic mass is 35.5. The van der Waals surface area contributed by atoms with E-state index in [4.69, 9.17) is 26.2 Å². The predicted octanol–water partition coefficient (Wildman–Crippen LogP) is 5.31. The monoisotopic (exact) mass is 414 g/mol. The van der Waals surface area contributed by atoms with Gasteiger partial charge in [-0.2, -0.15) is 0 Å². The van der Waals surface area contributed by atoms with Crippen LogP contribution < -0.4 is 9.47 Å². The van der Waals surface area contributed by atoms with E-state index in [2.05, 4.69) is 0 Å². The molecule has 2 aliphatic rings. The number of ketones is 1. The van der Waals surface area contributed by atoms with Gasteiger partial charge in [-0.3, -0.25) is 4.79 Å². The van der Waals surface area contributed by atoms with Crippen LogP contribution in [0, 0.1) is 0 Å². The van der Waals surface area contributed by atoms with Crippen LogP contribution in [0.5, 0.6) is 17.2 Å². The highest BCUT2D eigenvalue weighted by Gasteiger charge is 2.43. The first kappa shape index (κ1) is 19.8. The molecule has 152 valence electrons. The van der Waals surface area contributed by atoms with Crippen LogP contribution in [0.2, 0.25) is 5.02 Å². The van der Waals surface area contributed by atoms with Gasteiger partial charge in [0.2, 0.25) is 0 Å². The molecule has 0 amide bonds. The lowest BCUT2D eigenvalue weighted by molar-refractivity contribution is -0.139. The molecule has 0 bridgehead atoms. The predicted molar refractivity (Wildman–Crippen MR) is 109 cm³/mol. The van der Waals surface area contributed by atoms with Crippen LogP contribution in [0.25, 0.3) is 0 Å². The van der Waals surface area contributed by atoms with E-state index in [1.54, 1.807) is 30.3 Å². The Labute approximate surface area is 174 Å². The Morgan fingerprint density at radius 2 is 1.72 bits per heavy atom. The van der Waals surface area contributed by atoms with Gasteiger partial charge in [-0.25, -0.2) is 4.79 Å². The van der Waals surface area contributed by atoms with Crippen molar-refractivity contribution in [3.8, 4) is 17.2 Å². The fourth-order valence-electron chi connectivity index (χ4n) is 4.70. The zero-order chi connectivity index (χ0) is 20.4. The minimum atomic E-state index is -1.02. The first-order valence-electron chi connectivity index (χ1n) is 9.93. The molecule has 2 aliphatic carbocycles. The number of aliphatic carboxylic acids is 1. The molecule has 0 aromatic heterocycles. The van der Waals surface area contributed by atoms with Gasteiger partial charge >= 0.3 is 5.97 Å². The normalized spacial score (nSPS) is 17.6. The number of benzene rings is 2. The summed E-state index contributed by atoms with van der Waals surface area (Å²) in [6, 6.07) is 10.6. The summed E-state index contributed by atoms with van der Waals surface area (Å²) in [6.45, 7) is -0.387. The van der Waals surface area contributed by atoms with Gasteiger partial charge in [0.25, 0.3) is 0 Å². The van der Waals surface area contributed by atoms with E-state index in [1.807, 2.05) is 6.07 Å². The Hall–Kier alpha value is -2.53. The van der Waals surface area contributed by atoms with Gasteiger partial charge in [-0.1, -0.05) is 30.9 Å². The third-order valence-corrected chi connectivity index (χ3v) is 6.24. The summed E-state index contributed by atoms with van der Waals surface area (Å²) in [6.07, 6.45) is 6.27. The standard InChI is InChI=1S/C23H23ClO5/c24-19-8-9-20(29-17-6-4-16(5-7-17)28-14-21(26)27)22-18(19)12-15(25)13-23(22)10-2-1-3-11-23/h4-9H,1-3,10-14H2,(H,26,27). The van der Waals surface area contributed by atoms with Crippen molar-refractivity contribution in [1.82, 2.24) is 0 Å². The Bertz CT molecular complexity index is 929. The molecule has 29 heavy (non-hydrogen) atoms. The molecule has 1 saturated carbocycles. The number of rotatable bonds is 5. The molecular formula is C23H23ClO5. The molecule has 4 rings (SSSR count). The van der Waals surface area contributed by atoms with Gasteiger partial charge in [-0.15, -0.1) is 0 Å². The summed E-state index contributed by atoms with van der Waals surface area (Å²) in [4.78, 5) is 23.1. The maximum Gasteiger partial charge on any atom is 0.341 e. The molecule has 2 aromatic carbocycles. The number of fused-ring (bicyclic) bond motifs is 2. The van der Waals surface area contributed by atoms with E-state index >= 15 is 0 Å². The maximum atomic E-state index is 12.5. The minimum Gasteiger partial charge on any atom is -0.482 e. The summed E-state index contributed by atoms with van der Waals surface area (Å²) in [5.74, 6) is 1.06. The Morgan fingerprint density at radius 3 is 2.41 bits per heavy atom. The van der Waals surface area contributed by atoms with E-state index in [1.165, 1.54) is 6.42 Å². The zero-order valence-electron chi connectivity index (χ0n) is 16.1. The van der Waals surface area contributed by atoms with Gasteiger partial charge in [0.15, 0.2) is 6.61 Å². The number of hydrogen-bond acceptors (Lipinski definition) is 4. The van der Waals surface area contributed by atoms with Gasteiger partial charge in [0.1, 0.15) is 23.0 Å². The third-order valence-electron chi connectivity index (χ3n) is 5.88. The number of hydrogen-bond donors (Lipinski definition) is 1. The van der Waals surface area contributed by atoms with Crippen LogP contribution in [0.1, 0.15) is 49.7 Å². The van der Waals surface area contributed by atoms with Crippen molar-refractivity contribution in [1.29, 1.82) is 0 Å². The number of carboxylic acid groups (broad SMARTS) is 1. The highest BCUT2D eigenvalue weighted by molar-refractivity contribution is 6.31. The molecule has 0 unspecified atom stereocenters. The number of carbonyl (C=O) groups excluding carboxylic acids is 1. The number of carboxylic acids is 1. The summed E-state index contributed by atoms with van der Waals surface area (Å²) in [5, 5.41) is 9.34. The Balaban J connectivity index is 1.66. The van der Waals surface area contributed by atoms with Crippen LogP contribution >= 0.6 is 11.6 Å². The van der Waals surface area contributed by atoms with Crippen molar-refractivity contribution in [2.75, 3.05) is 6.61 Å². The first-order chi connectivity index (χ1) is 14.0. The smallest absolute Gasteiger partial charge is 0.341 e. The Morgan fingerprint density at radius 1 is 1.03 bits per heavy atom. The fraction of sp³-hybridized carbons (Fsp3) is 0.391. The van der Waals surface area contributed by atoms with Gasteiger partial charge < -0.3 is 14.6 Å². The molecular weight excluding hydrogens is 392 g/mol. The zero-order valence-corrected chi connectivity index (χ0v) is 16.8. The van der Waals surface area contributed by atoms with Crippen LogP contribution in [0.15, 0.2) is 36.4 Å². The number of halogens is 1. The molecule has 2 aromatic rings. The van der Waals surface area contributed by atoms with Crippen molar-refractivity contribution < 1.29 is 24.2 Å². The number of carbonyl (C=O) groups is 2. The summed E-state index contributed by atoms with van der Waals surface area (Å²) in [5.41, 5.74) is 1.81. The van der Waals surface area contributed by atoms with E-state index in [-0.39, 0.29) is 17.8 Å². The molecule has 0 atom stereocenters. The molecule has 1 N–H and O–H groups in total. The lowest BCUT2D eigenvalue weighted by Gasteiger charge is -2.42. The fourth-order valence-corrected chi connectivity index (χ4v) is 4.92. The van der Waals surface area contributed by atoms with E-state index in [0.29, 0.717) is 29.4 Å². The average Bonchev–Trinajstić information content (AvgIpc) is 2.70. The number of Topliss-reactive ketones (excluding diaryl/α,β-unsaturated/α-hetero) is 1. The van der Waals surface area contributed by atoms with Crippen LogP contribution in [0.4, 0.5) is 0 Å². The largest absolute Gasteiger partial charge is 0.482 e. The van der Waals surface area contributed by atoms with Crippen LogP contribution in [-0.4, -0.2) is 23.5 Å². The molecule has 0 radical (unpaired) electrons.